The van der Waals surface area contributed by atoms with E-state index in [2.05, 4.69) is 15.6 Å². The van der Waals surface area contributed by atoms with Crippen LogP contribution in [0.4, 0.5) is 4.39 Å². The molecular weight excluding hydrogens is 385 g/mol. The van der Waals surface area contributed by atoms with Gasteiger partial charge in [0.05, 0.1) is 4.90 Å². The summed E-state index contributed by atoms with van der Waals surface area (Å²) in [5.41, 5.74) is 0.342. The molecule has 0 aliphatic carbocycles. The van der Waals surface area contributed by atoms with Crippen molar-refractivity contribution in [3.05, 3.63) is 60.2 Å². The minimum absolute atomic E-state index is 0.0961. The zero-order valence-corrected chi connectivity index (χ0v) is 16.4. The van der Waals surface area contributed by atoms with Gasteiger partial charge in [-0.15, -0.1) is 0 Å². The van der Waals surface area contributed by atoms with Crippen molar-refractivity contribution >= 4 is 21.7 Å². The van der Waals surface area contributed by atoms with Crippen LogP contribution in [0.25, 0.3) is 0 Å². The normalized spacial score (nSPS) is 12.4. The van der Waals surface area contributed by atoms with Crippen molar-refractivity contribution in [1.82, 2.24) is 15.6 Å². The molecule has 0 aliphatic heterocycles. The zero-order valence-electron chi connectivity index (χ0n) is 15.6. The predicted molar refractivity (Wildman–Crippen MR) is 101 cm³/mol. The number of hydrogen-bond donors (Lipinski definition) is 2. The molecule has 0 unspecified atom stereocenters. The quantitative estimate of drug-likeness (QED) is 0.536. The lowest BCUT2D eigenvalue weighted by Gasteiger charge is -2.18. The Kier molecular flexibility index (Phi) is 7.22. The van der Waals surface area contributed by atoms with Gasteiger partial charge in [-0.05, 0) is 41.8 Å². The molecule has 1 aromatic heterocycles. The van der Waals surface area contributed by atoms with Gasteiger partial charge in [-0.1, -0.05) is 19.9 Å². The second-order valence-corrected chi connectivity index (χ2v) is 8.72. The van der Waals surface area contributed by atoms with Crippen molar-refractivity contribution in [2.45, 2.75) is 24.0 Å². The van der Waals surface area contributed by atoms with Crippen molar-refractivity contribution in [1.29, 1.82) is 0 Å². The summed E-state index contributed by atoms with van der Waals surface area (Å²) in [5, 5.41) is 3.64. The number of aromatic nitrogens is 1. The molecular formula is C19H22FN3O4S. The van der Waals surface area contributed by atoms with Gasteiger partial charge < -0.3 is 10.6 Å². The molecule has 2 amide bonds. The molecule has 1 aromatic carbocycles. The summed E-state index contributed by atoms with van der Waals surface area (Å²) in [6.45, 7) is 3.75. The number of halogens is 1. The van der Waals surface area contributed by atoms with Crippen LogP contribution in [0.15, 0.2) is 53.7 Å². The molecule has 0 aliphatic rings. The molecule has 28 heavy (non-hydrogen) atoms. The summed E-state index contributed by atoms with van der Waals surface area (Å²) in [4.78, 5) is 27.7. The third kappa shape index (κ3) is 5.59. The largest absolute Gasteiger partial charge is 0.348 e. The Morgan fingerprint density at radius 2 is 1.64 bits per heavy atom. The number of rotatable bonds is 7. The smallest absolute Gasteiger partial charge is 0.309 e. The third-order valence-corrected chi connectivity index (χ3v) is 6.02. The van der Waals surface area contributed by atoms with Crippen LogP contribution in [-0.4, -0.2) is 38.3 Å². The SMILES string of the molecule is CC(C)CNC(=O)C(=O)NC[C@H](c1cccnc1)S(=O)(=O)c1ccc(F)cc1. The van der Waals surface area contributed by atoms with E-state index >= 15 is 0 Å². The topological polar surface area (TPSA) is 105 Å². The van der Waals surface area contributed by atoms with Crippen LogP contribution in [0.1, 0.15) is 24.7 Å². The van der Waals surface area contributed by atoms with Crippen molar-refractivity contribution in [3.8, 4) is 0 Å². The van der Waals surface area contributed by atoms with Gasteiger partial charge in [-0.25, -0.2) is 12.8 Å². The summed E-state index contributed by atoms with van der Waals surface area (Å²) in [7, 11) is -3.97. The van der Waals surface area contributed by atoms with Gasteiger partial charge in [-0.2, -0.15) is 0 Å². The van der Waals surface area contributed by atoms with E-state index in [1.807, 2.05) is 13.8 Å². The summed E-state index contributed by atoms with van der Waals surface area (Å²) in [5.74, 6) is -2.16. The molecule has 1 atom stereocenters. The van der Waals surface area contributed by atoms with Crippen LogP contribution in [0.3, 0.4) is 0 Å². The molecule has 0 saturated heterocycles. The Labute approximate surface area is 163 Å². The monoisotopic (exact) mass is 407 g/mol. The lowest BCUT2D eigenvalue weighted by atomic mass is 10.2. The Balaban J connectivity index is 2.23. The highest BCUT2D eigenvalue weighted by molar-refractivity contribution is 7.91. The van der Waals surface area contributed by atoms with Gasteiger partial charge in [0.2, 0.25) is 0 Å². The van der Waals surface area contributed by atoms with Gasteiger partial charge in [0.1, 0.15) is 11.1 Å². The summed E-state index contributed by atoms with van der Waals surface area (Å²) < 4.78 is 39.2. The van der Waals surface area contributed by atoms with Crippen LogP contribution in [0.5, 0.6) is 0 Å². The minimum Gasteiger partial charge on any atom is -0.348 e. The predicted octanol–water partition coefficient (Wildman–Crippen LogP) is 1.62. The van der Waals surface area contributed by atoms with E-state index in [9.17, 15) is 22.4 Å². The first-order chi connectivity index (χ1) is 13.2. The van der Waals surface area contributed by atoms with Crippen LogP contribution < -0.4 is 10.6 Å². The summed E-state index contributed by atoms with van der Waals surface area (Å²) >= 11 is 0. The van der Waals surface area contributed by atoms with E-state index < -0.39 is 32.7 Å². The highest BCUT2D eigenvalue weighted by atomic mass is 32.2. The average Bonchev–Trinajstić information content (AvgIpc) is 2.67. The Bertz CT molecular complexity index is 916. The van der Waals surface area contributed by atoms with Crippen LogP contribution in [0.2, 0.25) is 0 Å². The Morgan fingerprint density at radius 3 is 2.18 bits per heavy atom. The maximum Gasteiger partial charge on any atom is 0.309 e. The van der Waals surface area contributed by atoms with Gasteiger partial charge in [0, 0.05) is 25.5 Å². The van der Waals surface area contributed by atoms with E-state index in [4.69, 9.17) is 0 Å². The first-order valence-electron chi connectivity index (χ1n) is 8.67. The van der Waals surface area contributed by atoms with Crippen molar-refractivity contribution in [3.63, 3.8) is 0 Å². The highest BCUT2D eigenvalue weighted by Crippen LogP contribution is 2.28. The molecule has 2 N–H and O–H groups in total. The molecule has 0 radical (unpaired) electrons. The first kappa shape index (κ1) is 21.5. The molecule has 0 spiro atoms. The molecule has 0 fully saturated rings. The number of sulfone groups is 1. The molecule has 1 heterocycles. The van der Waals surface area contributed by atoms with Crippen LogP contribution >= 0.6 is 0 Å². The van der Waals surface area contributed by atoms with E-state index in [0.717, 1.165) is 24.3 Å². The number of amides is 2. The lowest BCUT2D eigenvalue weighted by molar-refractivity contribution is -0.139. The molecule has 0 bridgehead atoms. The number of pyridine rings is 1. The third-order valence-electron chi connectivity index (χ3n) is 3.90. The number of hydrogen-bond acceptors (Lipinski definition) is 5. The zero-order chi connectivity index (χ0) is 20.7. The number of nitrogens with zero attached hydrogens (tertiary/aromatic N) is 1. The average molecular weight is 407 g/mol. The standard InChI is InChI=1S/C19H22FN3O4S/c1-13(2)10-22-18(24)19(25)23-12-17(14-4-3-9-21-11-14)28(26,27)16-7-5-15(20)6-8-16/h3-9,11,13,17H,10,12H2,1-2H3,(H,22,24)(H,23,25)/t17-/m1/s1. The van der Waals surface area contributed by atoms with Crippen molar-refractivity contribution < 1.29 is 22.4 Å². The van der Waals surface area contributed by atoms with Gasteiger partial charge in [0.15, 0.2) is 9.84 Å². The molecule has 2 aromatic rings. The molecule has 9 heteroatoms. The molecule has 7 nitrogen and oxygen atoms in total. The van der Waals surface area contributed by atoms with E-state index in [-0.39, 0.29) is 17.4 Å². The fourth-order valence-corrected chi connectivity index (χ4v) is 4.05. The number of carbonyl (C=O) groups is 2. The molecule has 2 rings (SSSR count). The molecule has 0 saturated carbocycles. The Morgan fingerprint density at radius 1 is 1.04 bits per heavy atom. The van der Waals surface area contributed by atoms with Crippen LogP contribution in [0, 0.1) is 11.7 Å². The number of carbonyl (C=O) groups excluding carboxylic acids is 2. The summed E-state index contributed by atoms with van der Waals surface area (Å²) in [6, 6.07) is 7.54. The minimum atomic E-state index is -3.97. The van der Waals surface area contributed by atoms with E-state index in [1.165, 1.54) is 12.4 Å². The number of nitrogens with one attached hydrogen (secondary N) is 2. The van der Waals surface area contributed by atoms with Crippen LogP contribution in [-0.2, 0) is 19.4 Å². The summed E-state index contributed by atoms with van der Waals surface area (Å²) in [6.07, 6.45) is 2.86. The second kappa shape index (κ2) is 9.41. The van der Waals surface area contributed by atoms with Gasteiger partial charge >= 0.3 is 11.8 Å². The van der Waals surface area contributed by atoms with Crippen molar-refractivity contribution in [2.24, 2.45) is 5.92 Å². The fourth-order valence-electron chi connectivity index (χ4n) is 2.40. The Hall–Kier alpha value is -2.81. The lowest BCUT2D eigenvalue weighted by Crippen LogP contribution is -2.43. The van der Waals surface area contributed by atoms with Gasteiger partial charge in [-0.3, -0.25) is 14.6 Å². The second-order valence-electron chi connectivity index (χ2n) is 6.59. The van der Waals surface area contributed by atoms with E-state index in [0.29, 0.717) is 12.1 Å². The van der Waals surface area contributed by atoms with Crippen molar-refractivity contribution in [2.75, 3.05) is 13.1 Å². The highest BCUT2D eigenvalue weighted by Gasteiger charge is 2.30. The molecule has 150 valence electrons. The maximum absolute atomic E-state index is 13.2. The van der Waals surface area contributed by atoms with Gasteiger partial charge in [0.25, 0.3) is 0 Å². The maximum atomic E-state index is 13.2. The number of benzene rings is 1. The first-order valence-corrected chi connectivity index (χ1v) is 10.2. The van der Waals surface area contributed by atoms with E-state index in [1.54, 1.807) is 12.1 Å². The fraction of sp³-hybridized carbons (Fsp3) is 0.316.